The number of piperidine rings is 1. The quantitative estimate of drug-likeness (QED) is 0.910. The summed E-state index contributed by atoms with van der Waals surface area (Å²) in [6.07, 6.45) is 2.08. The van der Waals surface area contributed by atoms with Gasteiger partial charge in [0.05, 0.1) is 7.11 Å². The highest BCUT2D eigenvalue weighted by Crippen LogP contribution is 2.20. The molecule has 0 unspecified atom stereocenters. The molecular formula is C21H24N2O3. The normalized spacial score (nSPS) is 14.8. The Balaban J connectivity index is 1.70. The van der Waals surface area contributed by atoms with Crippen LogP contribution in [-0.2, 0) is 0 Å². The van der Waals surface area contributed by atoms with Crippen molar-refractivity contribution in [2.24, 2.45) is 5.92 Å². The van der Waals surface area contributed by atoms with Crippen LogP contribution in [0.2, 0.25) is 0 Å². The second-order valence-electron chi connectivity index (χ2n) is 6.74. The SMILES string of the molecule is COc1cccc(C(=O)Nc2cccc(C(=O)N3CCC(C)CC3)c2)c1. The molecule has 2 aromatic rings. The van der Waals surface area contributed by atoms with Crippen LogP contribution >= 0.6 is 0 Å². The van der Waals surface area contributed by atoms with Crippen molar-refractivity contribution in [2.45, 2.75) is 19.8 Å². The number of nitrogens with one attached hydrogen (secondary N) is 1. The van der Waals surface area contributed by atoms with Crippen molar-refractivity contribution < 1.29 is 14.3 Å². The molecule has 0 saturated carbocycles. The average Bonchev–Trinajstić information content (AvgIpc) is 2.68. The van der Waals surface area contributed by atoms with Crippen LogP contribution in [0.1, 0.15) is 40.5 Å². The topological polar surface area (TPSA) is 58.6 Å². The number of methoxy groups -OCH3 is 1. The maximum Gasteiger partial charge on any atom is 0.255 e. The summed E-state index contributed by atoms with van der Waals surface area (Å²) in [7, 11) is 1.56. The van der Waals surface area contributed by atoms with E-state index in [0.29, 0.717) is 28.5 Å². The first-order chi connectivity index (χ1) is 12.6. The fourth-order valence-corrected chi connectivity index (χ4v) is 3.09. The molecule has 0 aromatic heterocycles. The van der Waals surface area contributed by atoms with Crippen molar-refractivity contribution >= 4 is 17.5 Å². The highest BCUT2D eigenvalue weighted by atomic mass is 16.5. The minimum atomic E-state index is -0.236. The number of amides is 2. The van der Waals surface area contributed by atoms with Crippen molar-refractivity contribution in [1.29, 1.82) is 0 Å². The van der Waals surface area contributed by atoms with Gasteiger partial charge in [-0.25, -0.2) is 0 Å². The summed E-state index contributed by atoms with van der Waals surface area (Å²) in [5.74, 6) is 1.09. The zero-order valence-corrected chi connectivity index (χ0v) is 15.2. The van der Waals surface area contributed by atoms with Crippen molar-refractivity contribution in [3.8, 4) is 5.75 Å². The Morgan fingerprint density at radius 3 is 2.46 bits per heavy atom. The van der Waals surface area contributed by atoms with Gasteiger partial charge < -0.3 is 15.0 Å². The lowest BCUT2D eigenvalue weighted by molar-refractivity contribution is 0.0697. The number of benzene rings is 2. The fourth-order valence-electron chi connectivity index (χ4n) is 3.09. The first-order valence-electron chi connectivity index (χ1n) is 8.91. The number of hydrogen-bond acceptors (Lipinski definition) is 3. The molecule has 1 aliphatic heterocycles. The number of rotatable bonds is 4. The summed E-state index contributed by atoms with van der Waals surface area (Å²) in [6, 6.07) is 14.1. The van der Waals surface area contributed by atoms with E-state index >= 15 is 0 Å². The Bertz CT molecular complexity index is 795. The Hall–Kier alpha value is -2.82. The van der Waals surface area contributed by atoms with E-state index in [2.05, 4.69) is 12.2 Å². The molecule has 0 spiro atoms. The number of ether oxygens (including phenoxy) is 1. The van der Waals surface area contributed by atoms with E-state index < -0.39 is 0 Å². The summed E-state index contributed by atoms with van der Waals surface area (Å²) in [4.78, 5) is 27.0. The number of carbonyl (C=O) groups excluding carboxylic acids is 2. The molecular weight excluding hydrogens is 328 g/mol. The molecule has 0 atom stereocenters. The van der Waals surface area contributed by atoms with Crippen LogP contribution in [0.4, 0.5) is 5.69 Å². The fraction of sp³-hybridized carbons (Fsp3) is 0.333. The van der Waals surface area contributed by atoms with Crippen LogP contribution in [0, 0.1) is 5.92 Å². The summed E-state index contributed by atoms with van der Waals surface area (Å²) in [6.45, 7) is 3.80. The summed E-state index contributed by atoms with van der Waals surface area (Å²) >= 11 is 0. The number of hydrogen-bond donors (Lipinski definition) is 1. The zero-order valence-electron chi connectivity index (χ0n) is 15.2. The molecule has 2 aromatic carbocycles. The molecule has 5 nitrogen and oxygen atoms in total. The lowest BCUT2D eigenvalue weighted by atomic mass is 9.98. The highest BCUT2D eigenvalue weighted by molar-refractivity contribution is 6.05. The van der Waals surface area contributed by atoms with Gasteiger partial charge in [0.2, 0.25) is 0 Å². The minimum absolute atomic E-state index is 0.0226. The van der Waals surface area contributed by atoms with E-state index in [0.717, 1.165) is 25.9 Å². The van der Waals surface area contributed by atoms with Crippen LogP contribution in [0.15, 0.2) is 48.5 Å². The molecule has 1 saturated heterocycles. The van der Waals surface area contributed by atoms with Crippen LogP contribution < -0.4 is 10.1 Å². The van der Waals surface area contributed by atoms with Crippen LogP contribution in [-0.4, -0.2) is 36.9 Å². The molecule has 26 heavy (non-hydrogen) atoms. The average molecular weight is 352 g/mol. The Labute approximate surface area is 154 Å². The molecule has 0 bridgehead atoms. The Morgan fingerprint density at radius 2 is 1.73 bits per heavy atom. The van der Waals surface area contributed by atoms with Crippen molar-refractivity contribution in [3.63, 3.8) is 0 Å². The van der Waals surface area contributed by atoms with Gasteiger partial charge in [-0.2, -0.15) is 0 Å². The van der Waals surface area contributed by atoms with Gasteiger partial charge in [0.25, 0.3) is 11.8 Å². The van der Waals surface area contributed by atoms with Crippen LogP contribution in [0.25, 0.3) is 0 Å². The van der Waals surface area contributed by atoms with Gasteiger partial charge in [-0.3, -0.25) is 9.59 Å². The van der Waals surface area contributed by atoms with Crippen molar-refractivity contribution in [1.82, 2.24) is 4.90 Å². The number of anilines is 1. The standard InChI is InChI=1S/C21H24N2O3/c1-15-9-11-23(12-10-15)21(25)17-6-3-7-18(13-17)22-20(24)16-5-4-8-19(14-16)26-2/h3-8,13-15H,9-12H2,1-2H3,(H,22,24). The van der Waals surface area contributed by atoms with Crippen molar-refractivity contribution in [3.05, 3.63) is 59.7 Å². The lowest BCUT2D eigenvalue weighted by Gasteiger charge is -2.30. The summed E-state index contributed by atoms with van der Waals surface area (Å²) in [5.41, 5.74) is 1.71. The number of likely N-dealkylation sites (tertiary alicyclic amines) is 1. The van der Waals surface area contributed by atoms with Crippen LogP contribution in [0.5, 0.6) is 5.75 Å². The van der Waals surface area contributed by atoms with Gasteiger partial charge in [-0.05, 0) is 55.2 Å². The Kier molecular flexibility index (Phi) is 5.56. The largest absolute Gasteiger partial charge is 0.497 e. The number of carbonyl (C=O) groups is 2. The number of nitrogens with zero attached hydrogens (tertiary/aromatic N) is 1. The first kappa shape index (κ1) is 18.0. The maximum atomic E-state index is 12.7. The molecule has 5 heteroatoms. The zero-order chi connectivity index (χ0) is 18.5. The molecule has 136 valence electrons. The second-order valence-corrected chi connectivity index (χ2v) is 6.74. The molecule has 1 aliphatic rings. The van der Waals surface area contributed by atoms with E-state index in [1.54, 1.807) is 55.6 Å². The van der Waals surface area contributed by atoms with Crippen LogP contribution in [0.3, 0.4) is 0 Å². The third-order valence-electron chi connectivity index (χ3n) is 4.77. The molecule has 0 aliphatic carbocycles. The van der Waals surface area contributed by atoms with Gasteiger partial charge in [-0.15, -0.1) is 0 Å². The second kappa shape index (κ2) is 8.04. The minimum Gasteiger partial charge on any atom is -0.497 e. The summed E-state index contributed by atoms with van der Waals surface area (Å²) < 4.78 is 5.15. The molecule has 2 amide bonds. The molecule has 1 N–H and O–H groups in total. The van der Waals surface area contributed by atoms with Gasteiger partial charge in [0.15, 0.2) is 0 Å². The predicted octanol–water partition coefficient (Wildman–Crippen LogP) is 3.82. The molecule has 3 rings (SSSR count). The van der Waals surface area contributed by atoms with Gasteiger partial charge in [0, 0.05) is 29.9 Å². The highest BCUT2D eigenvalue weighted by Gasteiger charge is 2.21. The third-order valence-corrected chi connectivity index (χ3v) is 4.77. The Morgan fingerprint density at radius 1 is 1.04 bits per heavy atom. The first-order valence-corrected chi connectivity index (χ1v) is 8.91. The molecule has 0 radical (unpaired) electrons. The van der Waals surface area contributed by atoms with E-state index in [-0.39, 0.29) is 11.8 Å². The summed E-state index contributed by atoms with van der Waals surface area (Å²) in [5, 5.41) is 2.85. The molecule has 1 fully saturated rings. The van der Waals surface area contributed by atoms with Gasteiger partial charge in [-0.1, -0.05) is 19.1 Å². The van der Waals surface area contributed by atoms with Crippen molar-refractivity contribution in [2.75, 3.05) is 25.5 Å². The van der Waals surface area contributed by atoms with Gasteiger partial charge >= 0.3 is 0 Å². The lowest BCUT2D eigenvalue weighted by Crippen LogP contribution is -2.37. The third kappa shape index (κ3) is 4.23. The molecule has 1 heterocycles. The monoisotopic (exact) mass is 352 g/mol. The van der Waals surface area contributed by atoms with E-state index in [4.69, 9.17) is 4.74 Å². The maximum absolute atomic E-state index is 12.7. The van der Waals surface area contributed by atoms with E-state index in [1.165, 1.54) is 0 Å². The van der Waals surface area contributed by atoms with E-state index in [9.17, 15) is 9.59 Å². The smallest absolute Gasteiger partial charge is 0.255 e. The predicted molar refractivity (Wildman–Crippen MR) is 102 cm³/mol. The van der Waals surface area contributed by atoms with Gasteiger partial charge in [0.1, 0.15) is 5.75 Å². The van der Waals surface area contributed by atoms with E-state index in [1.807, 2.05) is 4.90 Å².